The fraction of sp³-hybridized carbons (Fsp3) is 0.100. The molecule has 0 spiro atoms. The fourth-order valence-corrected chi connectivity index (χ4v) is 0.503. The number of allylic oxidation sites excluding steroid dienone is 4. The van der Waals surface area contributed by atoms with Gasteiger partial charge in [0.25, 0.3) is 0 Å². The van der Waals surface area contributed by atoms with E-state index in [9.17, 15) is 4.79 Å². The van der Waals surface area contributed by atoms with Crippen molar-refractivity contribution >= 4 is 33.4 Å². The van der Waals surface area contributed by atoms with E-state index >= 15 is 0 Å². The van der Waals surface area contributed by atoms with Gasteiger partial charge in [-0.25, -0.2) is 0 Å². The first-order valence-electron chi connectivity index (χ1n) is 3.31. The van der Waals surface area contributed by atoms with Crippen LogP contribution in [0.2, 0.25) is 0 Å². The van der Waals surface area contributed by atoms with Crippen LogP contribution in [0.25, 0.3) is 0 Å². The minimum absolute atomic E-state index is 0. The van der Waals surface area contributed by atoms with Crippen LogP contribution in [-0.4, -0.2) is 33.4 Å². The van der Waals surface area contributed by atoms with Crippen LogP contribution in [0.5, 0.6) is 0 Å². The Morgan fingerprint density at radius 1 is 1.00 bits per heavy atom. The number of hydrogen-bond donors (Lipinski definition) is 0. The SMILES string of the molecule is C=O.C=O.C=O.C=O.O=CC1=[C-]CC=C1.[V]. The summed E-state index contributed by atoms with van der Waals surface area (Å²) in [7, 11) is 0. The molecule has 0 amide bonds. The molecule has 0 saturated heterocycles. The van der Waals surface area contributed by atoms with E-state index in [2.05, 4.69) is 6.08 Å². The quantitative estimate of drug-likeness (QED) is 0.496. The van der Waals surface area contributed by atoms with Crippen molar-refractivity contribution in [1.82, 2.24) is 0 Å². The van der Waals surface area contributed by atoms with E-state index in [-0.39, 0.29) is 18.6 Å². The Balaban J connectivity index is -0.0000000390. The van der Waals surface area contributed by atoms with Gasteiger partial charge in [-0.1, -0.05) is 6.42 Å². The zero-order valence-electron chi connectivity index (χ0n) is 8.76. The van der Waals surface area contributed by atoms with Crippen molar-refractivity contribution in [2.75, 3.05) is 0 Å². The summed E-state index contributed by atoms with van der Waals surface area (Å²) >= 11 is 0. The van der Waals surface area contributed by atoms with Gasteiger partial charge in [-0.05, 0) is 0 Å². The second-order valence-corrected chi connectivity index (χ2v) is 1.36. The van der Waals surface area contributed by atoms with E-state index in [0.29, 0.717) is 5.57 Å². The van der Waals surface area contributed by atoms with Crippen molar-refractivity contribution in [3.63, 3.8) is 0 Å². The molecule has 0 unspecified atom stereocenters. The monoisotopic (exact) mass is 264 g/mol. The Labute approximate surface area is 106 Å². The minimum Gasteiger partial charge on any atom is -0.374 e. The van der Waals surface area contributed by atoms with Gasteiger partial charge < -0.3 is 24.0 Å². The van der Waals surface area contributed by atoms with Gasteiger partial charge in [0.05, 0.1) is 0 Å². The van der Waals surface area contributed by atoms with E-state index in [1.54, 1.807) is 6.08 Å². The summed E-state index contributed by atoms with van der Waals surface area (Å²) in [6.07, 6.45) is 8.13. The summed E-state index contributed by atoms with van der Waals surface area (Å²) in [5.41, 5.74) is 0.681. The standard InChI is InChI=1S/C6H5O.4CH2O.V/c7-5-6-3-1-2-4-6;4*1-2;/h1,3,5H,2H2;4*1H2;/q-1;;;;;. The molecule has 0 aromatic rings. The molecule has 0 atom stereocenters. The van der Waals surface area contributed by atoms with Crippen molar-refractivity contribution in [1.29, 1.82) is 0 Å². The Bertz CT molecular complexity index is 184. The predicted molar refractivity (Wildman–Crippen MR) is 55.1 cm³/mol. The van der Waals surface area contributed by atoms with Gasteiger partial charge in [-0.3, -0.25) is 0 Å². The molecule has 0 bridgehead atoms. The van der Waals surface area contributed by atoms with E-state index in [1.807, 2.05) is 33.2 Å². The van der Waals surface area contributed by atoms with Crippen LogP contribution in [0.15, 0.2) is 17.7 Å². The third-order valence-corrected chi connectivity index (χ3v) is 0.848. The third kappa shape index (κ3) is 29.4. The number of hydrogen-bond acceptors (Lipinski definition) is 5. The van der Waals surface area contributed by atoms with Crippen molar-refractivity contribution in [3.8, 4) is 0 Å². The third-order valence-electron chi connectivity index (χ3n) is 0.848. The molecule has 5 nitrogen and oxygen atoms in total. The molecule has 1 aliphatic carbocycles. The summed E-state index contributed by atoms with van der Waals surface area (Å²) in [5, 5.41) is 0. The molecule has 1 rings (SSSR count). The zero-order valence-corrected chi connectivity index (χ0v) is 10.2. The van der Waals surface area contributed by atoms with Gasteiger partial charge >= 0.3 is 0 Å². The normalized spacial score (nSPS) is 8.38. The average molecular weight is 264 g/mol. The van der Waals surface area contributed by atoms with Crippen molar-refractivity contribution in [2.45, 2.75) is 6.42 Å². The van der Waals surface area contributed by atoms with Gasteiger partial charge in [-0.2, -0.15) is 17.7 Å². The van der Waals surface area contributed by atoms with E-state index in [1.165, 1.54) is 0 Å². The maximum atomic E-state index is 9.86. The molecule has 6 heteroatoms. The Morgan fingerprint density at radius 3 is 1.50 bits per heavy atom. The number of carbonyl (C=O) groups excluding carboxylic acids is 5. The molecule has 0 saturated carbocycles. The van der Waals surface area contributed by atoms with Crippen molar-refractivity contribution < 1.29 is 42.5 Å². The predicted octanol–water partition coefficient (Wildman–Crippen LogP) is 0.133. The van der Waals surface area contributed by atoms with Crippen molar-refractivity contribution in [3.05, 3.63) is 23.8 Å². The van der Waals surface area contributed by atoms with E-state index in [4.69, 9.17) is 19.2 Å². The molecular formula is C10H13O5V-. The van der Waals surface area contributed by atoms with Crippen LogP contribution in [0.1, 0.15) is 6.42 Å². The maximum Gasteiger partial charge on any atom is 0.106 e. The topological polar surface area (TPSA) is 85.3 Å². The molecule has 0 aromatic carbocycles. The van der Waals surface area contributed by atoms with E-state index < -0.39 is 0 Å². The summed E-state index contributed by atoms with van der Waals surface area (Å²) in [4.78, 5) is 41.9. The number of aldehydes is 1. The smallest absolute Gasteiger partial charge is 0.106 e. The molecule has 0 N–H and O–H groups in total. The molecule has 0 aromatic heterocycles. The van der Waals surface area contributed by atoms with Gasteiger partial charge in [0, 0.05) is 24.8 Å². The first-order chi connectivity index (χ1) is 7.43. The zero-order chi connectivity index (χ0) is 13.1. The molecule has 16 heavy (non-hydrogen) atoms. The Hall–Kier alpha value is -1.59. The van der Waals surface area contributed by atoms with Gasteiger partial charge in [0.15, 0.2) is 0 Å². The van der Waals surface area contributed by atoms with Crippen molar-refractivity contribution in [2.24, 2.45) is 0 Å². The molecule has 1 aliphatic rings. The summed E-state index contributed by atoms with van der Waals surface area (Å²) < 4.78 is 0. The summed E-state index contributed by atoms with van der Waals surface area (Å²) in [6, 6.07) is 0. The molecule has 89 valence electrons. The Morgan fingerprint density at radius 2 is 1.38 bits per heavy atom. The first kappa shape index (κ1) is 29.3. The molecule has 0 heterocycles. The number of carbonyl (C=O) groups is 5. The molecular weight excluding hydrogens is 251 g/mol. The van der Waals surface area contributed by atoms with Crippen LogP contribution < -0.4 is 0 Å². The van der Waals surface area contributed by atoms with Crippen LogP contribution in [0.4, 0.5) is 0 Å². The largest absolute Gasteiger partial charge is 0.374 e. The second-order valence-electron chi connectivity index (χ2n) is 1.36. The van der Waals surface area contributed by atoms with Crippen LogP contribution in [0, 0.1) is 6.08 Å². The minimum atomic E-state index is 0. The molecule has 0 aliphatic heterocycles. The molecule has 1 radical (unpaired) electrons. The van der Waals surface area contributed by atoms with Crippen LogP contribution >= 0.6 is 0 Å². The van der Waals surface area contributed by atoms with Crippen LogP contribution in [-0.2, 0) is 42.5 Å². The second kappa shape index (κ2) is 50.2. The van der Waals surface area contributed by atoms with Crippen LogP contribution in [0.3, 0.4) is 0 Å². The van der Waals surface area contributed by atoms with Gasteiger partial charge in [0.2, 0.25) is 0 Å². The van der Waals surface area contributed by atoms with E-state index in [0.717, 1.165) is 12.7 Å². The maximum absolute atomic E-state index is 9.86. The first-order valence-corrected chi connectivity index (χ1v) is 3.31. The summed E-state index contributed by atoms with van der Waals surface area (Å²) in [6.45, 7) is 8.00. The fourth-order valence-electron chi connectivity index (χ4n) is 0.503. The average Bonchev–Trinajstić information content (AvgIpc) is 2.92. The van der Waals surface area contributed by atoms with Gasteiger partial charge in [0.1, 0.15) is 27.2 Å². The Kier molecular flexibility index (Phi) is 91.9. The summed E-state index contributed by atoms with van der Waals surface area (Å²) in [5.74, 6) is 0. The molecule has 0 fully saturated rings. The number of rotatable bonds is 1. The van der Waals surface area contributed by atoms with Gasteiger partial charge in [-0.15, -0.1) is 6.08 Å².